The Morgan fingerprint density at radius 2 is 2.14 bits per heavy atom. The Bertz CT molecular complexity index is 738. The topological polar surface area (TPSA) is 48.1 Å². The molecule has 0 bridgehead atoms. The molecule has 2 heterocycles. The van der Waals surface area contributed by atoms with Gasteiger partial charge in [-0.15, -0.1) is 0 Å². The van der Waals surface area contributed by atoms with Crippen LogP contribution < -0.4 is 5.32 Å². The first-order valence-electron chi connectivity index (χ1n) is 7.90. The molecule has 2 N–H and O–H groups in total. The Morgan fingerprint density at radius 1 is 1.27 bits per heavy atom. The summed E-state index contributed by atoms with van der Waals surface area (Å²) in [5.41, 5.74) is 2.42. The largest absolute Gasteiger partial charge is 0.361 e. The average Bonchev–Trinajstić information content (AvgIpc) is 3.14. The standard InChI is InChI=1S/C17H19N3OS/c21-17-19-16(22)13-5-3-7-15(13)20(17)9-8-11-10-18-14-6-2-1-4-12(11)14/h1-2,4,6,10,13,15,18H,3,5,7-9H2,(H,19,21,22). The first-order chi connectivity index (χ1) is 10.7. The molecular formula is C17H19N3OS. The van der Waals surface area contributed by atoms with Gasteiger partial charge in [0.1, 0.15) is 0 Å². The Balaban J connectivity index is 1.53. The molecule has 114 valence electrons. The number of aromatic amines is 1. The third-order valence-corrected chi connectivity index (χ3v) is 5.41. The number of hydrogen-bond donors (Lipinski definition) is 2. The van der Waals surface area contributed by atoms with E-state index < -0.39 is 0 Å². The van der Waals surface area contributed by atoms with Gasteiger partial charge in [-0.25, -0.2) is 4.79 Å². The lowest BCUT2D eigenvalue weighted by molar-refractivity contribution is 0.164. The van der Waals surface area contributed by atoms with Gasteiger partial charge in [-0.3, -0.25) is 0 Å². The SMILES string of the molecule is O=C1NC(=S)C2CCCC2N1CCc1c[nH]c2ccccc12. The summed E-state index contributed by atoms with van der Waals surface area (Å²) in [7, 11) is 0. The fourth-order valence-electron chi connectivity index (χ4n) is 3.89. The molecule has 5 heteroatoms. The van der Waals surface area contributed by atoms with Crippen molar-refractivity contribution in [2.45, 2.75) is 31.7 Å². The molecule has 0 spiro atoms. The number of rotatable bonds is 3. The minimum absolute atomic E-state index is 0.0204. The van der Waals surface area contributed by atoms with Gasteiger partial charge >= 0.3 is 6.03 Å². The third-order valence-electron chi connectivity index (χ3n) is 5.00. The second kappa shape index (κ2) is 5.39. The van der Waals surface area contributed by atoms with Crippen LogP contribution in [0.2, 0.25) is 0 Å². The van der Waals surface area contributed by atoms with Crippen molar-refractivity contribution < 1.29 is 4.79 Å². The van der Waals surface area contributed by atoms with E-state index in [1.165, 1.54) is 10.9 Å². The van der Waals surface area contributed by atoms with Crippen LogP contribution in [0.15, 0.2) is 30.5 Å². The number of fused-ring (bicyclic) bond motifs is 2. The smallest absolute Gasteiger partial charge is 0.322 e. The summed E-state index contributed by atoms with van der Waals surface area (Å²) in [4.78, 5) is 18.3. The van der Waals surface area contributed by atoms with Crippen molar-refractivity contribution in [2.24, 2.45) is 5.92 Å². The number of carbonyl (C=O) groups excluding carboxylic acids is 1. The van der Waals surface area contributed by atoms with Crippen molar-refractivity contribution in [1.29, 1.82) is 0 Å². The van der Waals surface area contributed by atoms with Crippen LogP contribution in [-0.2, 0) is 6.42 Å². The molecule has 1 saturated heterocycles. The molecule has 1 aliphatic carbocycles. The maximum Gasteiger partial charge on any atom is 0.322 e. The van der Waals surface area contributed by atoms with Crippen molar-refractivity contribution in [2.75, 3.05) is 6.54 Å². The molecule has 1 aromatic heterocycles. The number of nitrogens with zero attached hydrogens (tertiary/aromatic N) is 1. The first-order valence-corrected chi connectivity index (χ1v) is 8.31. The predicted octanol–water partition coefficient (Wildman–Crippen LogP) is 3.23. The van der Waals surface area contributed by atoms with Crippen LogP contribution in [0.25, 0.3) is 10.9 Å². The highest BCUT2D eigenvalue weighted by Gasteiger charge is 2.41. The molecule has 1 saturated carbocycles. The van der Waals surface area contributed by atoms with Gasteiger partial charge in [-0.1, -0.05) is 36.8 Å². The molecular weight excluding hydrogens is 294 g/mol. The molecule has 4 nitrogen and oxygen atoms in total. The fourth-order valence-corrected chi connectivity index (χ4v) is 4.25. The van der Waals surface area contributed by atoms with E-state index in [1.54, 1.807) is 0 Å². The van der Waals surface area contributed by atoms with Crippen molar-refractivity contribution in [3.8, 4) is 0 Å². The molecule has 4 rings (SSSR count). The first kappa shape index (κ1) is 13.8. The normalized spacial score (nSPS) is 24.6. The van der Waals surface area contributed by atoms with E-state index in [-0.39, 0.29) is 6.03 Å². The van der Waals surface area contributed by atoms with Crippen LogP contribution >= 0.6 is 12.2 Å². The zero-order chi connectivity index (χ0) is 15.1. The summed E-state index contributed by atoms with van der Waals surface area (Å²) < 4.78 is 0. The lowest BCUT2D eigenvalue weighted by Gasteiger charge is -2.38. The van der Waals surface area contributed by atoms with Gasteiger partial charge in [0.25, 0.3) is 0 Å². The van der Waals surface area contributed by atoms with Gasteiger partial charge in [-0.2, -0.15) is 0 Å². The van der Waals surface area contributed by atoms with Crippen LogP contribution in [0, 0.1) is 5.92 Å². The molecule has 0 radical (unpaired) electrons. The Morgan fingerprint density at radius 3 is 3.05 bits per heavy atom. The Labute approximate surface area is 134 Å². The minimum Gasteiger partial charge on any atom is -0.361 e. The summed E-state index contributed by atoms with van der Waals surface area (Å²) in [6.07, 6.45) is 6.27. The Hall–Kier alpha value is -1.88. The summed E-state index contributed by atoms with van der Waals surface area (Å²) in [6.45, 7) is 0.747. The van der Waals surface area contributed by atoms with Gasteiger partial charge in [0.2, 0.25) is 0 Å². The van der Waals surface area contributed by atoms with E-state index in [0.29, 0.717) is 12.0 Å². The number of thiocarbonyl (C=S) groups is 1. The molecule has 2 unspecified atom stereocenters. The predicted molar refractivity (Wildman–Crippen MR) is 91.0 cm³/mol. The second-order valence-electron chi connectivity index (χ2n) is 6.20. The number of aromatic nitrogens is 1. The van der Waals surface area contributed by atoms with Gasteiger partial charge < -0.3 is 15.2 Å². The van der Waals surface area contributed by atoms with Crippen LogP contribution in [0.4, 0.5) is 4.79 Å². The van der Waals surface area contributed by atoms with Gasteiger partial charge in [0.15, 0.2) is 0 Å². The highest BCUT2D eigenvalue weighted by atomic mass is 32.1. The highest BCUT2D eigenvalue weighted by molar-refractivity contribution is 7.80. The van der Waals surface area contributed by atoms with E-state index in [2.05, 4.69) is 34.7 Å². The Kier molecular flexibility index (Phi) is 3.37. The molecule has 2 atom stereocenters. The summed E-state index contributed by atoms with van der Waals surface area (Å²) in [6, 6.07) is 8.58. The number of nitrogens with one attached hydrogen (secondary N) is 2. The minimum atomic E-state index is -0.0204. The van der Waals surface area contributed by atoms with E-state index in [9.17, 15) is 4.79 Å². The number of benzene rings is 1. The molecule has 2 aliphatic rings. The van der Waals surface area contributed by atoms with Crippen LogP contribution in [0.3, 0.4) is 0 Å². The van der Waals surface area contributed by atoms with E-state index in [0.717, 1.165) is 42.7 Å². The zero-order valence-electron chi connectivity index (χ0n) is 12.3. The van der Waals surface area contributed by atoms with Gasteiger partial charge in [0.05, 0.1) is 4.99 Å². The summed E-state index contributed by atoms with van der Waals surface area (Å²) in [5.74, 6) is 0.357. The quantitative estimate of drug-likeness (QED) is 0.855. The fraction of sp³-hybridized carbons (Fsp3) is 0.412. The maximum absolute atomic E-state index is 12.3. The highest BCUT2D eigenvalue weighted by Crippen LogP contribution is 2.33. The molecule has 2 fully saturated rings. The second-order valence-corrected chi connectivity index (χ2v) is 6.64. The van der Waals surface area contributed by atoms with Gasteiger partial charge in [-0.05, 0) is 30.9 Å². The molecule has 22 heavy (non-hydrogen) atoms. The van der Waals surface area contributed by atoms with Crippen molar-refractivity contribution >= 4 is 34.1 Å². The van der Waals surface area contributed by atoms with E-state index in [4.69, 9.17) is 12.2 Å². The van der Waals surface area contributed by atoms with Crippen LogP contribution in [0.1, 0.15) is 24.8 Å². The van der Waals surface area contributed by atoms with Crippen LogP contribution in [-0.4, -0.2) is 33.5 Å². The van der Waals surface area contributed by atoms with Crippen LogP contribution in [0.5, 0.6) is 0 Å². The monoisotopic (exact) mass is 313 g/mol. The summed E-state index contributed by atoms with van der Waals surface area (Å²) >= 11 is 5.34. The third kappa shape index (κ3) is 2.20. The number of H-pyrrole nitrogens is 1. The van der Waals surface area contributed by atoms with Gasteiger partial charge in [0, 0.05) is 35.6 Å². The summed E-state index contributed by atoms with van der Waals surface area (Å²) in [5, 5.41) is 4.13. The van der Waals surface area contributed by atoms with E-state index in [1.807, 2.05) is 11.0 Å². The van der Waals surface area contributed by atoms with Crippen molar-refractivity contribution in [3.05, 3.63) is 36.0 Å². The van der Waals surface area contributed by atoms with Crippen molar-refractivity contribution in [3.63, 3.8) is 0 Å². The zero-order valence-corrected chi connectivity index (χ0v) is 13.2. The number of amides is 2. The molecule has 2 amide bonds. The maximum atomic E-state index is 12.3. The molecule has 2 aromatic rings. The number of urea groups is 1. The van der Waals surface area contributed by atoms with E-state index >= 15 is 0 Å². The lowest BCUT2D eigenvalue weighted by Crippen LogP contribution is -2.58. The molecule has 1 aliphatic heterocycles. The number of para-hydroxylation sites is 1. The lowest BCUT2D eigenvalue weighted by atomic mass is 9.99. The number of carbonyl (C=O) groups is 1. The number of hydrogen-bond acceptors (Lipinski definition) is 2. The average molecular weight is 313 g/mol. The molecule has 1 aromatic carbocycles. The van der Waals surface area contributed by atoms with Crippen molar-refractivity contribution in [1.82, 2.24) is 15.2 Å².